The van der Waals surface area contributed by atoms with Crippen molar-refractivity contribution in [1.82, 2.24) is 9.55 Å². The number of aliphatic hydroxyl groups is 1. The summed E-state index contributed by atoms with van der Waals surface area (Å²) >= 11 is 0. The third-order valence-electron chi connectivity index (χ3n) is 4.01. The molecular weight excluding hydrogens is 339 g/mol. The van der Waals surface area contributed by atoms with E-state index in [1.807, 2.05) is 18.2 Å². The van der Waals surface area contributed by atoms with E-state index >= 15 is 0 Å². The molecule has 0 radical (unpaired) electrons. The Kier molecular flexibility index (Phi) is 4.14. The van der Waals surface area contributed by atoms with Crippen LogP contribution in [0.2, 0.25) is 0 Å². The van der Waals surface area contributed by atoms with Crippen LogP contribution in [0.1, 0.15) is 0 Å². The van der Waals surface area contributed by atoms with Gasteiger partial charge in [-0.2, -0.15) is 0 Å². The van der Waals surface area contributed by atoms with Crippen LogP contribution in [0.15, 0.2) is 64.1 Å². The topological polar surface area (TPSA) is 77.5 Å². The smallest absolute Gasteiger partial charge is 0.297 e. The van der Waals surface area contributed by atoms with Crippen molar-refractivity contribution < 1.29 is 18.7 Å². The molecule has 0 aliphatic rings. The summed E-state index contributed by atoms with van der Waals surface area (Å²) in [7, 11) is 0. The lowest BCUT2D eigenvalue weighted by atomic mass is 10.2. The van der Waals surface area contributed by atoms with Gasteiger partial charge >= 0.3 is 0 Å². The Morgan fingerprint density at radius 3 is 2.77 bits per heavy atom. The lowest BCUT2D eigenvalue weighted by Crippen LogP contribution is -2.30. The maximum Gasteiger partial charge on any atom is 0.297 e. The van der Waals surface area contributed by atoms with Gasteiger partial charge in [-0.15, -0.1) is 0 Å². The van der Waals surface area contributed by atoms with Crippen LogP contribution in [-0.2, 0) is 6.54 Å². The molecule has 1 atom stereocenters. The fourth-order valence-electron chi connectivity index (χ4n) is 2.75. The van der Waals surface area contributed by atoms with Crippen LogP contribution in [0.4, 0.5) is 4.39 Å². The molecule has 0 saturated carbocycles. The van der Waals surface area contributed by atoms with Crippen molar-refractivity contribution in [3.63, 3.8) is 0 Å². The standard InChI is InChI=1S/C19H15FN2O4/c20-12-5-7-14(8-6-12)25-10-13(23)9-22-11-21-17-15-3-1-2-4-16(15)26-18(17)19(22)24/h1-8,11,13,23H,9-10H2/t13-/m1/s1. The first-order chi connectivity index (χ1) is 12.6. The number of aromatic nitrogens is 2. The first kappa shape index (κ1) is 16.3. The molecule has 132 valence electrons. The van der Waals surface area contributed by atoms with Crippen molar-refractivity contribution in [3.8, 4) is 5.75 Å². The third kappa shape index (κ3) is 3.04. The highest BCUT2D eigenvalue weighted by Gasteiger charge is 2.15. The fraction of sp³-hybridized carbons (Fsp3) is 0.158. The fourth-order valence-corrected chi connectivity index (χ4v) is 2.75. The van der Waals surface area contributed by atoms with Gasteiger partial charge in [-0.25, -0.2) is 9.37 Å². The van der Waals surface area contributed by atoms with E-state index in [0.717, 1.165) is 5.39 Å². The number of para-hydroxylation sites is 1. The van der Waals surface area contributed by atoms with Crippen LogP contribution < -0.4 is 10.3 Å². The predicted octanol–water partition coefficient (Wildman–Crippen LogP) is 2.72. The Balaban J connectivity index is 1.53. The van der Waals surface area contributed by atoms with Crippen LogP contribution in [-0.4, -0.2) is 27.4 Å². The minimum atomic E-state index is -0.943. The van der Waals surface area contributed by atoms with Crippen LogP contribution >= 0.6 is 0 Å². The monoisotopic (exact) mass is 354 g/mol. The summed E-state index contributed by atoms with van der Waals surface area (Å²) in [5, 5.41) is 10.9. The van der Waals surface area contributed by atoms with Crippen molar-refractivity contribution in [1.29, 1.82) is 0 Å². The van der Waals surface area contributed by atoms with Gasteiger partial charge in [0.2, 0.25) is 5.58 Å². The Hall–Kier alpha value is -3.19. The van der Waals surface area contributed by atoms with Gasteiger partial charge in [0.25, 0.3) is 5.56 Å². The second kappa shape index (κ2) is 6.61. The minimum absolute atomic E-state index is 0.0000131. The van der Waals surface area contributed by atoms with Crippen LogP contribution in [0.25, 0.3) is 22.1 Å². The zero-order valence-corrected chi connectivity index (χ0v) is 13.6. The van der Waals surface area contributed by atoms with Gasteiger partial charge in [-0.3, -0.25) is 9.36 Å². The number of halogens is 1. The van der Waals surface area contributed by atoms with Crippen molar-refractivity contribution in [2.75, 3.05) is 6.61 Å². The second-order valence-electron chi connectivity index (χ2n) is 5.90. The first-order valence-corrected chi connectivity index (χ1v) is 8.05. The van der Waals surface area contributed by atoms with E-state index in [1.165, 1.54) is 35.2 Å². The molecule has 2 aromatic heterocycles. The molecule has 0 spiro atoms. The molecule has 0 amide bonds. The maximum atomic E-state index is 12.9. The molecule has 4 rings (SSSR count). The largest absolute Gasteiger partial charge is 0.491 e. The molecule has 2 heterocycles. The normalized spacial score (nSPS) is 12.5. The summed E-state index contributed by atoms with van der Waals surface area (Å²) in [6.07, 6.45) is 0.440. The first-order valence-electron chi connectivity index (χ1n) is 8.05. The summed E-state index contributed by atoms with van der Waals surface area (Å²) in [6.45, 7) is -0.0454. The van der Waals surface area contributed by atoms with Gasteiger partial charge in [0.1, 0.15) is 35.4 Å². The molecule has 26 heavy (non-hydrogen) atoms. The van der Waals surface area contributed by atoms with Crippen molar-refractivity contribution >= 4 is 22.1 Å². The number of rotatable bonds is 5. The highest BCUT2D eigenvalue weighted by atomic mass is 19.1. The third-order valence-corrected chi connectivity index (χ3v) is 4.01. The Labute approximate surface area is 147 Å². The molecule has 6 nitrogen and oxygen atoms in total. The van der Waals surface area contributed by atoms with Crippen molar-refractivity contribution in [2.45, 2.75) is 12.6 Å². The number of nitrogens with zero attached hydrogens (tertiary/aromatic N) is 2. The van der Waals surface area contributed by atoms with E-state index in [0.29, 0.717) is 16.8 Å². The molecule has 0 bridgehead atoms. The Morgan fingerprint density at radius 1 is 1.19 bits per heavy atom. The summed E-state index contributed by atoms with van der Waals surface area (Å²) in [5.41, 5.74) is 0.872. The zero-order chi connectivity index (χ0) is 18.1. The highest BCUT2D eigenvalue weighted by molar-refractivity contribution is 6.01. The van der Waals surface area contributed by atoms with Crippen molar-refractivity contribution in [3.05, 3.63) is 71.0 Å². The van der Waals surface area contributed by atoms with Gasteiger partial charge < -0.3 is 14.3 Å². The number of ether oxygens (including phenoxy) is 1. The van der Waals surface area contributed by atoms with Crippen LogP contribution in [0.3, 0.4) is 0 Å². The molecule has 0 aliphatic heterocycles. The molecule has 0 fully saturated rings. The SMILES string of the molecule is O=c1c2oc3ccccc3c2ncn1C[C@@H](O)COc1ccc(F)cc1. The lowest BCUT2D eigenvalue weighted by molar-refractivity contribution is 0.0914. The number of hydrogen-bond acceptors (Lipinski definition) is 5. The minimum Gasteiger partial charge on any atom is -0.491 e. The quantitative estimate of drug-likeness (QED) is 0.596. The number of aliphatic hydroxyl groups excluding tert-OH is 1. The van der Waals surface area contributed by atoms with Gasteiger partial charge in [-0.05, 0) is 36.4 Å². The number of furan rings is 1. The van der Waals surface area contributed by atoms with E-state index in [2.05, 4.69) is 4.98 Å². The van der Waals surface area contributed by atoms with Crippen LogP contribution in [0, 0.1) is 5.82 Å². The Morgan fingerprint density at radius 2 is 1.96 bits per heavy atom. The van der Waals surface area contributed by atoms with Gasteiger partial charge in [0.05, 0.1) is 12.9 Å². The lowest BCUT2D eigenvalue weighted by Gasteiger charge is -2.13. The molecule has 1 N–H and O–H groups in total. The number of hydrogen-bond donors (Lipinski definition) is 1. The molecule has 2 aromatic carbocycles. The predicted molar refractivity (Wildman–Crippen MR) is 93.7 cm³/mol. The van der Waals surface area contributed by atoms with Gasteiger partial charge in [0.15, 0.2) is 0 Å². The number of fused-ring (bicyclic) bond motifs is 3. The van der Waals surface area contributed by atoms with E-state index in [9.17, 15) is 14.3 Å². The summed E-state index contributed by atoms with van der Waals surface area (Å²) in [4.78, 5) is 16.9. The van der Waals surface area contributed by atoms with E-state index in [1.54, 1.807) is 6.07 Å². The number of benzene rings is 2. The molecule has 4 aromatic rings. The Bertz CT molecular complexity index is 1120. The van der Waals surface area contributed by atoms with Crippen LogP contribution in [0.5, 0.6) is 5.75 Å². The maximum absolute atomic E-state index is 12.9. The molecule has 0 aliphatic carbocycles. The van der Waals surface area contributed by atoms with Gasteiger partial charge in [0, 0.05) is 5.39 Å². The second-order valence-corrected chi connectivity index (χ2v) is 5.90. The zero-order valence-electron chi connectivity index (χ0n) is 13.6. The van der Waals surface area contributed by atoms with Gasteiger partial charge in [-0.1, -0.05) is 12.1 Å². The van der Waals surface area contributed by atoms with Crippen molar-refractivity contribution in [2.24, 2.45) is 0 Å². The summed E-state index contributed by atoms with van der Waals surface area (Å²) < 4.78 is 25.1. The van der Waals surface area contributed by atoms with E-state index in [4.69, 9.17) is 9.15 Å². The molecule has 7 heteroatoms. The molecule has 0 unspecified atom stereocenters. The molecular formula is C19H15FN2O4. The summed E-state index contributed by atoms with van der Waals surface area (Å²) in [6, 6.07) is 12.8. The van der Waals surface area contributed by atoms with E-state index < -0.39 is 6.10 Å². The average molecular weight is 354 g/mol. The molecule has 0 saturated heterocycles. The average Bonchev–Trinajstić information content (AvgIpc) is 3.03. The summed E-state index contributed by atoms with van der Waals surface area (Å²) in [5.74, 6) is 0.0679. The van der Waals surface area contributed by atoms with E-state index in [-0.39, 0.29) is 30.1 Å². The highest BCUT2D eigenvalue weighted by Crippen LogP contribution is 2.24.